The topological polar surface area (TPSA) is 82.1 Å². The normalized spacial score (nSPS) is 21.1. The molecule has 2 aromatic rings. The van der Waals surface area contributed by atoms with Crippen LogP contribution in [0.1, 0.15) is 41.9 Å². The average molecular weight is 450 g/mol. The second-order valence-electron chi connectivity index (χ2n) is 8.77. The number of benzene rings is 2. The first kappa shape index (κ1) is 23.0. The lowest BCUT2D eigenvalue weighted by molar-refractivity contribution is -0.126. The van der Waals surface area contributed by atoms with Crippen molar-refractivity contribution in [1.29, 1.82) is 0 Å². The summed E-state index contributed by atoms with van der Waals surface area (Å²) >= 11 is 0. The summed E-state index contributed by atoms with van der Waals surface area (Å²) in [6.45, 7) is 2.54. The van der Waals surface area contributed by atoms with Gasteiger partial charge in [-0.2, -0.15) is 0 Å². The summed E-state index contributed by atoms with van der Waals surface area (Å²) in [5, 5.41) is 9.93. The fraction of sp³-hybridized carbons (Fsp3) is 0.385. The van der Waals surface area contributed by atoms with E-state index in [9.17, 15) is 14.7 Å². The molecule has 2 N–H and O–H groups in total. The van der Waals surface area contributed by atoms with Crippen molar-refractivity contribution in [2.75, 3.05) is 20.2 Å². The molecule has 2 amide bonds. The van der Waals surface area contributed by atoms with Crippen LogP contribution < -0.4 is 5.48 Å². The summed E-state index contributed by atoms with van der Waals surface area (Å²) in [5.41, 5.74) is 5.62. The predicted octanol–water partition coefficient (Wildman–Crippen LogP) is 3.88. The number of nitrogens with zero attached hydrogens (tertiary/aromatic N) is 2. The third-order valence-corrected chi connectivity index (χ3v) is 6.50. The molecule has 0 bridgehead atoms. The average Bonchev–Trinajstić information content (AvgIpc) is 3.60. The smallest absolute Gasteiger partial charge is 0.407 e. The Morgan fingerprint density at radius 1 is 1.15 bits per heavy atom. The zero-order valence-corrected chi connectivity index (χ0v) is 18.9. The molecule has 0 unspecified atom stereocenters. The van der Waals surface area contributed by atoms with Gasteiger partial charge in [-0.25, -0.2) is 10.3 Å². The third kappa shape index (κ3) is 6.00. The fourth-order valence-corrected chi connectivity index (χ4v) is 4.83. The minimum atomic E-state index is -0.797. The predicted molar refractivity (Wildman–Crippen MR) is 126 cm³/mol. The van der Waals surface area contributed by atoms with Crippen molar-refractivity contribution in [2.24, 2.45) is 0 Å². The van der Waals surface area contributed by atoms with Gasteiger partial charge in [0.15, 0.2) is 0 Å². The van der Waals surface area contributed by atoms with Crippen molar-refractivity contribution in [3.8, 4) is 0 Å². The molecule has 0 aromatic heterocycles. The largest absolute Gasteiger partial charge is 0.465 e. The maximum absolute atomic E-state index is 12.1. The van der Waals surface area contributed by atoms with E-state index < -0.39 is 6.09 Å². The number of likely N-dealkylation sites (tertiary alicyclic amines) is 1. The van der Waals surface area contributed by atoms with E-state index in [0.717, 1.165) is 44.5 Å². The zero-order valence-electron chi connectivity index (χ0n) is 18.9. The summed E-state index contributed by atoms with van der Waals surface area (Å²) in [6.07, 6.45) is 5.01. The highest BCUT2D eigenvalue weighted by Gasteiger charge is 2.47. The molecular formula is C26H31N3O4. The lowest BCUT2D eigenvalue weighted by Gasteiger charge is -2.37. The van der Waals surface area contributed by atoms with Crippen LogP contribution in [-0.4, -0.2) is 59.2 Å². The molecule has 2 fully saturated rings. The number of piperidine rings is 1. The number of hydrogen-bond donors (Lipinski definition) is 2. The van der Waals surface area contributed by atoms with E-state index in [0.29, 0.717) is 5.92 Å². The fourth-order valence-electron chi connectivity index (χ4n) is 4.83. The van der Waals surface area contributed by atoms with Crippen LogP contribution in [0.3, 0.4) is 0 Å². The van der Waals surface area contributed by atoms with Crippen molar-refractivity contribution in [3.05, 3.63) is 77.4 Å². The van der Waals surface area contributed by atoms with Gasteiger partial charge in [0.1, 0.15) is 0 Å². The Hall–Kier alpha value is -3.16. The molecular weight excluding hydrogens is 418 g/mol. The Labute approximate surface area is 194 Å². The summed E-state index contributed by atoms with van der Waals surface area (Å²) in [4.78, 5) is 32.3. The summed E-state index contributed by atoms with van der Waals surface area (Å²) in [5.74, 6) is 0.0141. The Morgan fingerprint density at radius 3 is 2.61 bits per heavy atom. The Morgan fingerprint density at radius 2 is 1.91 bits per heavy atom. The monoisotopic (exact) mass is 449 g/mol. The molecule has 33 heavy (non-hydrogen) atoms. The second kappa shape index (κ2) is 10.6. The van der Waals surface area contributed by atoms with Crippen LogP contribution in [0.4, 0.5) is 4.79 Å². The molecule has 1 aliphatic carbocycles. The quantitative estimate of drug-likeness (QED) is 0.472. The number of rotatable bonds is 8. The molecule has 174 valence electrons. The Bertz CT molecular complexity index is 986. The maximum Gasteiger partial charge on any atom is 0.407 e. The van der Waals surface area contributed by atoms with Gasteiger partial charge in [-0.1, -0.05) is 54.6 Å². The molecule has 2 atom stereocenters. The molecule has 2 aromatic carbocycles. The highest BCUT2D eigenvalue weighted by atomic mass is 16.6. The maximum atomic E-state index is 12.1. The molecule has 7 heteroatoms. The first-order valence-corrected chi connectivity index (χ1v) is 11.4. The summed E-state index contributed by atoms with van der Waals surface area (Å²) < 4.78 is 0. The molecule has 7 nitrogen and oxygen atoms in total. The molecule has 4 rings (SSSR count). The SMILES string of the molecule is CONC(=O)/C=C/c1cccc(CN2CCC(N(C(=O)O)[C@@H]3C[C@H]3c3ccccc3)CC2)c1. The highest BCUT2D eigenvalue weighted by Crippen LogP contribution is 2.46. The van der Waals surface area contributed by atoms with Crippen LogP contribution in [-0.2, 0) is 16.2 Å². The Balaban J connectivity index is 1.31. The Kier molecular flexibility index (Phi) is 7.42. The van der Waals surface area contributed by atoms with Gasteiger partial charge < -0.3 is 10.0 Å². The first-order valence-electron chi connectivity index (χ1n) is 11.4. The first-order chi connectivity index (χ1) is 16.0. The standard InChI is InChI=1S/C26H31N3O4/c1-33-27-25(30)11-10-19-6-5-7-20(16-19)18-28-14-12-22(13-15-28)29(26(31)32)24-17-23(24)21-8-3-2-4-9-21/h2-11,16,22-24H,12-15,17-18H2,1H3,(H,27,30)(H,31,32)/b11-10+/t23-,24+/m0/s1. The van der Waals surface area contributed by atoms with Gasteiger partial charge in [0.05, 0.1) is 7.11 Å². The van der Waals surface area contributed by atoms with E-state index in [2.05, 4.69) is 39.5 Å². The number of hydroxylamine groups is 1. The minimum Gasteiger partial charge on any atom is -0.465 e. The van der Waals surface area contributed by atoms with E-state index in [1.54, 1.807) is 11.0 Å². The van der Waals surface area contributed by atoms with Gasteiger partial charge in [0.2, 0.25) is 0 Å². The van der Waals surface area contributed by atoms with E-state index in [1.165, 1.54) is 24.3 Å². The number of amides is 2. The van der Waals surface area contributed by atoms with Crippen molar-refractivity contribution in [1.82, 2.24) is 15.3 Å². The lowest BCUT2D eigenvalue weighted by atomic mass is 10.0. The summed E-state index contributed by atoms with van der Waals surface area (Å²) in [7, 11) is 1.40. The number of carboxylic acid groups (broad SMARTS) is 1. The molecule has 2 aliphatic rings. The van der Waals surface area contributed by atoms with E-state index in [4.69, 9.17) is 0 Å². The van der Waals surface area contributed by atoms with Crippen LogP contribution in [0.5, 0.6) is 0 Å². The van der Waals surface area contributed by atoms with Gasteiger partial charge in [0, 0.05) is 43.7 Å². The van der Waals surface area contributed by atoms with Crippen LogP contribution in [0, 0.1) is 0 Å². The number of carbonyl (C=O) groups excluding carboxylic acids is 1. The van der Waals surface area contributed by atoms with Crippen molar-refractivity contribution in [3.63, 3.8) is 0 Å². The van der Waals surface area contributed by atoms with Crippen molar-refractivity contribution >= 4 is 18.1 Å². The second-order valence-corrected chi connectivity index (χ2v) is 8.77. The molecule has 0 spiro atoms. The number of carbonyl (C=O) groups is 2. The molecule has 1 aliphatic heterocycles. The van der Waals surface area contributed by atoms with Crippen LogP contribution in [0.2, 0.25) is 0 Å². The van der Waals surface area contributed by atoms with Gasteiger partial charge in [-0.3, -0.25) is 14.5 Å². The number of hydrogen-bond acceptors (Lipinski definition) is 4. The minimum absolute atomic E-state index is 0.0750. The van der Waals surface area contributed by atoms with Crippen LogP contribution in [0.25, 0.3) is 6.08 Å². The van der Waals surface area contributed by atoms with Gasteiger partial charge >= 0.3 is 6.09 Å². The molecule has 1 saturated carbocycles. The van der Waals surface area contributed by atoms with Crippen molar-refractivity contribution in [2.45, 2.75) is 43.8 Å². The molecule has 1 saturated heterocycles. The van der Waals surface area contributed by atoms with E-state index >= 15 is 0 Å². The summed E-state index contributed by atoms with van der Waals surface area (Å²) in [6, 6.07) is 18.5. The van der Waals surface area contributed by atoms with Gasteiger partial charge in [-0.05, 0) is 42.0 Å². The van der Waals surface area contributed by atoms with Gasteiger partial charge in [0.25, 0.3) is 5.91 Å². The van der Waals surface area contributed by atoms with E-state index in [-0.39, 0.29) is 18.0 Å². The van der Waals surface area contributed by atoms with Crippen LogP contribution in [0.15, 0.2) is 60.7 Å². The lowest BCUT2D eigenvalue weighted by Crippen LogP contribution is -2.48. The third-order valence-electron chi connectivity index (χ3n) is 6.50. The highest BCUT2D eigenvalue weighted by molar-refractivity contribution is 5.90. The van der Waals surface area contributed by atoms with Gasteiger partial charge in [-0.15, -0.1) is 0 Å². The van der Waals surface area contributed by atoms with E-state index in [1.807, 2.05) is 30.3 Å². The molecule has 0 radical (unpaired) electrons. The van der Waals surface area contributed by atoms with Crippen LogP contribution >= 0.6 is 0 Å². The number of nitrogens with one attached hydrogen (secondary N) is 1. The van der Waals surface area contributed by atoms with Crippen molar-refractivity contribution < 1.29 is 19.5 Å². The zero-order chi connectivity index (χ0) is 23.2. The molecule has 1 heterocycles.